The van der Waals surface area contributed by atoms with Gasteiger partial charge in [-0.3, -0.25) is 14.4 Å². The van der Waals surface area contributed by atoms with Crippen LogP contribution < -0.4 is 0 Å². The number of esters is 3. The Morgan fingerprint density at radius 2 is 0.527 bits per heavy atom. The van der Waals surface area contributed by atoms with Gasteiger partial charge in [0.25, 0.3) is 0 Å². The maximum atomic E-state index is 12.9. The summed E-state index contributed by atoms with van der Waals surface area (Å²) in [7, 11) is 0. The monoisotopic (exact) mass is 1020 g/mol. The number of carbonyl (C=O) groups is 3. The lowest BCUT2D eigenvalue weighted by Crippen LogP contribution is -2.30. The van der Waals surface area contributed by atoms with Crippen LogP contribution in [0.3, 0.4) is 0 Å². The van der Waals surface area contributed by atoms with E-state index in [0.717, 1.165) is 128 Å². The van der Waals surface area contributed by atoms with Gasteiger partial charge in [-0.05, 0) is 135 Å². The summed E-state index contributed by atoms with van der Waals surface area (Å²) < 4.78 is 16.8. The summed E-state index contributed by atoms with van der Waals surface area (Å²) in [5, 5.41) is 0. The predicted molar refractivity (Wildman–Crippen MR) is 320 cm³/mol. The van der Waals surface area contributed by atoms with E-state index in [9.17, 15) is 14.4 Å². The van der Waals surface area contributed by atoms with Crippen molar-refractivity contribution in [2.24, 2.45) is 0 Å². The molecule has 0 amide bonds. The van der Waals surface area contributed by atoms with Gasteiger partial charge in [0.1, 0.15) is 13.2 Å². The Morgan fingerprint density at radius 3 is 0.865 bits per heavy atom. The van der Waals surface area contributed by atoms with Crippen LogP contribution in [0.2, 0.25) is 0 Å². The number of carbonyl (C=O) groups excluding carboxylic acids is 3. The third-order valence-corrected chi connectivity index (χ3v) is 12.4. The van der Waals surface area contributed by atoms with Gasteiger partial charge in [0.15, 0.2) is 6.10 Å². The Morgan fingerprint density at radius 1 is 0.284 bits per heavy atom. The largest absolute Gasteiger partial charge is 0.462 e. The zero-order valence-electron chi connectivity index (χ0n) is 47.8. The van der Waals surface area contributed by atoms with E-state index in [0.29, 0.717) is 25.7 Å². The number of allylic oxidation sites excluding steroid dienone is 22. The molecule has 0 aromatic heterocycles. The van der Waals surface area contributed by atoms with Crippen molar-refractivity contribution < 1.29 is 28.6 Å². The van der Waals surface area contributed by atoms with Gasteiger partial charge in [0, 0.05) is 19.3 Å². The molecule has 0 saturated carbocycles. The molecule has 0 rings (SSSR count). The molecule has 6 heteroatoms. The van der Waals surface area contributed by atoms with Crippen molar-refractivity contribution in [1.29, 1.82) is 0 Å². The molecule has 6 nitrogen and oxygen atoms in total. The molecule has 0 radical (unpaired) electrons. The lowest BCUT2D eigenvalue weighted by molar-refractivity contribution is -0.167. The van der Waals surface area contributed by atoms with E-state index in [1.807, 2.05) is 0 Å². The highest BCUT2D eigenvalue weighted by molar-refractivity contribution is 5.71. The van der Waals surface area contributed by atoms with Gasteiger partial charge in [0.05, 0.1) is 0 Å². The van der Waals surface area contributed by atoms with Crippen molar-refractivity contribution >= 4 is 17.9 Å². The van der Waals surface area contributed by atoms with Crippen LogP contribution in [0.25, 0.3) is 0 Å². The van der Waals surface area contributed by atoms with Crippen molar-refractivity contribution in [3.8, 4) is 0 Å². The zero-order valence-corrected chi connectivity index (χ0v) is 47.8. The van der Waals surface area contributed by atoms with E-state index in [1.165, 1.54) is 83.5 Å². The lowest BCUT2D eigenvalue weighted by Gasteiger charge is -2.18. The third-order valence-electron chi connectivity index (χ3n) is 12.4. The molecule has 0 spiro atoms. The minimum Gasteiger partial charge on any atom is -0.462 e. The third kappa shape index (κ3) is 58.4. The molecule has 1 atom stereocenters. The summed E-state index contributed by atoms with van der Waals surface area (Å²) >= 11 is 0. The van der Waals surface area contributed by atoms with Crippen LogP contribution in [0.5, 0.6) is 0 Å². The average Bonchev–Trinajstić information content (AvgIpc) is 3.40. The first kappa shape index (κ1) is 69.5. The van der Waals surface area contributed by atoms with Crippen LogP contribution in [-0.4, -0.2) is 37.2 Å². The summed E-state index contributed by atoms with van der Waals surface area (Å²) in [6.45, 7) is 6.35. The number of ether oxygens (including phenoxy) is 3. The normalized spacial score (nSPS) is 13.1. The van der Waals surface area contributed by atoms with E-state index in [4.69, 9.17) is 14.2 Å². The van der Waals surface area contributed by atoms with Crippen LogP contribution in [-0.2, 0) is 28.6 Å². The zero-order chi connectivity index (χ0) is 53.6. The Kier molecular flexibility index (Phi) is 57.4. The highest BCUT2D eigenvalue weighted by atomic mass is 16.6. The second kappa shape index (κ2) is 61.1. The van der Waals surface area contributed by atoms with Crippen LogP contribution >= 0.6 is 0 Å². The molecule has 0 N–H and O–H groups in total. The molecule has 1 unspecified atom stereocenters. The van der Waals surface area contributed by atoms with E-state index < -0.39 is 6.10 Å². The first-order valence-electron chi connectivity index (χ1n) is 30.2. The Balaban J connectivity index is 4.50. The second-order valence-corrected chi connectivity index (χ2v) is 19.5. The highest BCUT2D eigenvalue weighted by Crippen LogP contribution is 2.14. The van der Waals surface area contributed by atoms with Crippen LogP contribution in [0.4, 0.5) is 0 Å². The Labute approximate surface area is 455 Å². The predicted octanol–water partition coefficient (Wildman–Crippen LogP) is 20.6. The molecule has 74 heavy (non-hydrogen) atoms. The van der Waals surface area contributed by atoms with Gasteiger partial charge in [-0.15, -0.1) is 0 Å². The quantitative estimate of drug-likeness (QED) is 0.0261. The molecule has 0 saturated heterocycles. The van der Waals surface area contributed by atoms with Crippen molar-refractivity contribution in [2.45, 2.75) is 264 Å². The molecular weight excluding hydrogens is 913 g/mol. The van der Waals surface area contributed by atoms with Crippen molar-refractivity contribution in [2.75, 3.05) is 13.2 Å². The SMILES string of the molecule is CC/C=C\C/C=C\C/C=C\C/C=C\C/C=C\C/C=C\CCCCCCC(=O)OCC(COC(=O)CCCC/C=C\C/C=C\C/C=C\C/C=C\CC)OC(=O)CCCCCCCCC/C=C\CCCCCCCCC. The summed E-state index contributed by atoms with van der Waals surface area (Å²) in [4.78, 5) is 38.2. The first-order valence-corrected chi connectivity index (χ1v) is 30.2. The average molecular weight is 1020 g/mol. The molecular formula is C68H110O6. The van der Waals surface area contributed by atoms with Crippen molar-refractivity contribution in [3.05, 3.63) is 134 Å². The van der Waals surface area contributed by atoms with E-state index >= 15 is 0 Å². The second-order valence-electron chi connectivity index (χ2n) is 19.5. The molecule has 0 aromatic rings. The fourth-order valence-corrected chi connectivity index (χ4v) is 7.90. The van der Waals surface area contributed by atoms with Crippen LogP contribution in [0.15, 0.2) is 134 Å². The molecule has 0 fully saturated rings. The first-order chi connectivity index (χ1) is 36.5. The molecule has 0 aliphatic heterocycles. The lowest BCUT2D eigenvalue weighted by atomic mass is 10.1. The topological polar surface area (TPSA) is 78.9 Å². The molecule has 0 heterocycles. The fourth-order valence-electron chi connectivity index (χ4n) is 7.90. The van der Waals surface area contributed by atoms with Crippen LogP contribution in [0.1, 0.15) is 258 Å². The Hall–Kier alpha value is -4.45. The van der Waals surface area contributed by atoms with Crippen molar-refractivity contribution in [1.82, 2.24) is 0 Å². The fraction of sp³-hybridized carbons (Fsp3) is 0.632. The summed E-state index contributed by atoms with van der Waals surface area (Å²) in [6.07, 6.45) is 85.9. The summed E-state index contributed by atoms with van der Waals surface area (Å²) in [5.74, 6) is -0.981. The van der Waals surface area contributed by atoms with Gasteiger partial charge < -0.3 is 14.2 Å². The van der Waals surface area contributed by atoms with E-state index in [-0.39, 0.29) is 31.1 Å². The van der Waals surface area contributed by atoms with E-state index in [1.54, 1.807) is 0 Å². The number of rotatable bonds is 53. The summed E-state index contributed by atoms with van der Waals surface area (Å²) in [6, 6.07) is 0. The molecule has 0 bridgehead atoms. The maximum absolute atomic E-state index is 12.9. The number of unbranched alkanes of at least 4 members (excludes halogenated alkanes) is 20. The van der Waals surface area contributed by atoms with Gasteiger partial charge in [-0.25, -0.2) is 0 Å². The van der Waals surface area contributed by atoms with E-state index in [2.05, 4.69) is 154 Å². The number of hydrogen-bond donors (Lipinski definition) is 0. The van der Waals surface area contributed by atoms with Crippen LogP contribution in [0, 0.1) is 0 Å². The van der Waals surface area contributed by atoms with Gasteiger partial charge in [-0.1, -0.05) is 238 Å². The van der Waals surface area contributed by atoms with Gasteiger partial charge in [-0.2, -0.15) is 0 Å². The van der Waals surface area contributed by atoms with Gasteiger partial charge >= 0.3 is 17.9 Å². The summed E-state index contributed by atoms with van der Waals surface area (Å²) in [5.41, 5.74) is 0. The molecule has 418 valence electrons. The molecule has 0 aliphatic rings. The molecule has 0 aliphatic carbocycles. The van der Waals surface area contributed by atoms with Gasteiger partial charge in [0.2, 0.25) is 0 Å². The maximum Gasteiger partial charge on any atom is 0.306 e. The minimum absolute atomic E-state index is 0.110. The Bertz CT molecular complexity index is 1600. The van der Waals surface area contributed by atoms with Crippen molar-refractivity contribution in [3.63, 3.8) is 0 Å². The minimum atomic E-state index is -0.814. The molecule has 0 aromatic carbocycles. The highest BCUT2D eigenvalue weighted by Gasteiger charge is 2.19. The number of hydrogen-bond acceptors (Lipinski definition) is 6. The smallest absolute Gasteiger partial charge is 0.306 e. The standard InChI is InChI=1S/C68H110O6/c1-4-7-10-13-16-19-22-25-28-30-32-33-34-35-36-38-40-43-46-49-52-55-58-61-67(70)73-64-65(63-72-66(69)60-57-54-51-48-45-42-39-27-24-21-18-15-12-9-6-3)74-68(71)62-59-56-53-50-47-44-41-37-31-29-26-23-20-17-14-11-8-5-2/h7,9-10,12,16,18-19,21,25,27-29,31-33,35-36,39-40,43,45,48,65H,4-6,8,11,13-15,17,20,22-24,26,30,34,37-38,41-42,44,46-47,49-64H2,1-3H3/b10-7-,12-9-,19-16-,21-18-,28-25-,31-29-,33-32-,36-35-,39-27-,43-40-,48-45-.